The molecule has 2 aliphatic carbocycles. The highest BCUT2D eigenvalue weighted by Crippen LogP contribution is 2.48. The van der Waals surface area contributed by atoms with E-state index >= 15 is 0 Å². The number of halogens is 1. The number of sulfonamides is 1. The van der Waals surface area contributed by atoms with Crippen LogP contribution in [0, 0.1) is 23.7 Å². The third kappa shape index (κ3) is 2.92. The van der Waals surface area contributed by atoms with Crippen LogP contribution >= 0.6 is 11.6 Å². The van der Waals surface area contributed by atoms with Crippen LogP contribution in [0.3, 0.4) is 0 Å². The summed E-state index contributed by atoms with van der Waals surface area (Å²) in [6.45, 7) is 0. The second-order valence-electron chi connectivity index (χ2n) is 6.01. The van der Waals surface area contributed by atoms with Crippen LogP contribution in [0.1, 0.15) is 6.42 Å². The third-order valence-corrected chi connectivity index (χ3v) is 5.80. The van der Waals surface area contributed by atoms with Crippen molar-refractivity contribution in [2.24, 2.45) is 28.8 Å². The number of primary sulfonamides is 1. The third-order valence-electron chi connectivity index (χ3n) is 4.57. The monoisotopic (exact) mass is 370 g/mol. The minimum Gasteiger partial charge on any atom is -0.481 e. The molecule has 24 heavy (non-hydrogen) atoms. The Morgan fingerprint density at radius 3 is 2.38 bits per heavy atom. The van der Waals surface area contributed by atoms with E-state index in [4.69, 9.17) is 16.7 Å². The summed E-state index contributed by atoms with van der Waals surface area (Å²) in [5.41, 5.74) is 0.213. The van der Waals surface area contributed by atoms with Gasteiger partial charge in [0.05, 0.1) is 27.4 Å². The van der Waals surface area contributed by atoms with Crippen LogP contribution in [0.4, 0.5) is 5.69 Å². The number of carbonyl (C=O) groups excluding carboxylic acids is 1. The highest BCUT2D eigenvalue weighted by molar-refractivity contribution is 7.89. The Balaban J connectivity index is 1.83. The number of carboxylic acid groups (broad SMARTS) is 1. The lowest BCUT2D eigenvalue weighted by atomic mass is 9.82. The van der Waals surface area contributed by atoms with Crippen LogP contribution in [0.2, 0.25) is 5.02 Å². The number of amides is 1. The predicted octanol–water partition coefficient (Wildman–Crippen LogP) is 1.45. The number of benzene rings is 1. The fraction of sp³-hybridized carbons (Fsp3) is 0.333. The predicted molar refractivity (Wildman–Crippen MR) is 86.8 cm³/mol. The molecule has 0 heterocycles. The maximum absolute atomic E-state index is 12.5. The van der Waals surface area contributed by atoms with Gasteiger partial charge in [0.15, 0.2) is 0 Å². The van der Waals surface area contributed by atoms with Crippen molar-refractivity contribution in [2.45, 2.75) is 11.3 Å². The van der Waals surface area contributed by atoms with Crippen molar-refractivity contribution in [2.75, 3.05) is 5.32 Å². The Morgan fingerprint density at radius 2 is 1.83 bits per heavy atom. The van der Waals surface area contributed by atoms with Gasteiger partial charge in [0.2, 0.25) is 15.9 Å². The summed E-state index contributed by atoms with van der Waals surface area (Å²) < 4.78 is 22.6. The minimum absolute atomic E-state index is 0.0143. The number of anilines is 1. The molecule has 0 spiro atoms. The Labute approximate surface area is 143 Å². The van der Waals surface area contributed by atoms with Gasteiger partial charge in [-0.3, -0.25) is 9.59 Å². The van der Waals surface area contributed by atoms with Crippen molar-refractivity contribution in [3.05, 3.63) is 35.4 Å². The zero-order chi connectivity index (χ0) is 17.6. The Morgan fingerprint density at radius 1 is 1.21 bits per heavy atom. The molecule has 4 N–H and O–H groups in total. The number of carboxylic acids is 1. The van der Waals surface area contributed by atoms with Gasteiger partial charge < -0.3 is 10.4 Å². The van der Waals surface area contributed by atoms with E-state index in [-0.39, 0.29) is 27.4 Å². The summed E-state index contributed by atoms with van der Waals surface area (Å²) in [4.78, 5) is 23.8. The first kappa shape index (κ1) is 16.9. The van der Waals surface area contributed by atoms with Gasteiger partial charge in [-0.1, -0.05) is 23.8 Å². The van der Waals surface area contributed by atoms with E-state index in [1.54, 1.807) is 0 Å². The average Bonchev–Trinajstić information content (AvgIpc) is 3.08. The molecule has 0 aliphatic heterocycles. The summed E-state index contributed by atoms with van der Waals surface area (Å²) in [6.07, 6.45) is 4.37. The Hall–Kier alpha value is -1.90. The summed E-state index contributed by atoms with van der Waals surface area (Å²) in [5, 5.41) is 17.0. The summed E-state index contributed by atoms with van der Waals surface area (Å²) in [7, 11) is -3.90. The van der Waals surface area contributed by atoms with E-state index in [0.29, 0.717) is 6.42 Å². The van der Waals surface area contributed by atoms with E-state index in [1.807, 2.05) is 12.2 Å². The zero-order valence-corrected chi connectivity index (χ0v) is 13.9. The lowest BCUT2D eigenvalue weighted by Gasteiger charge is -2.24. The molecule has 7 nitrogen and oxygen atoms in total. The fourth-order valence-electron chi connectivity index (χ4n) is 3.51. The molecule has 0 unspecified atom stereocenters. The lowest BCUT2D eigenvalue weighted by molar-refractivity contribution is -0.146. The minimum atomic E-state index is -3.90. The Bertz CT molecular complexity index is 851. The van der Waals surface area contributed by atoms with Crippen molar-refractivity contribution >= 4 is 39.2 Å². The number of hydrogen-bond donors (Lipinski definition) is 3. The van der Waals surface area contributed by atoms with Crippen molar-refractivity contribution in [3.8, 4) is 0 Å². The smallest absolute Gasteiger partial charge is 0.307 e. The molecule has 0 aromatic heterocycles. The van der Waals surface area contributed by atoms with Crippen molar-refractivity contribution in [1.29, 1.82) is 0 Å². The fourth-order valence-corrected chi connectivity index (χ4v) is 4.34. The summed E-state index contributed by atoms with van der Waals surface area (Å²) >= 11 is 6.00. The van der Waals surface area contributed by atoms with Gasteiger partial charge >= 0.3 is 5.97 Å². The first-order valence-electron chi connectivity index (χ1n) is 7.23. The normalized spacial score (nSPS) is 28.1. The van der Waals surface area contributed by atoms with Gasteiger partial charge in [0, 0.05) is 0 Å². The van der Waals surface area contributed by atoms with Crippen LogP contribution < -0.4 is 10.5 Å². The molecule has 9 heteroatoms. The molecule has 128 valence electrons. The first-order valence-corrected chi connectivity index (χ1v) is 9.15. The quantitative estimate of drug-likeness (QED) is 0.691. The molecular weight excluding hydrogens is 356 g/mol. The molecule has 1 fully saturated rings. The van der Waals surface area contributed by atoms with Crippen LogP contribution in [-0.4, -0.2) is 25.4 Å². The van der Waals surface area contributed by atoms with E-state index < -0.39 is 33.7 Å². The maximum Gasteiger partial charge on any atom is 0.307 e. The van der Waals surface area contributed by atoms with Crippen molar-refractivity contribution in [1.82, 2.24) is 0 Å². The largest absolute Gasteiger partial charge is 0.481 e. The van der Waals surface area contributed by atoms with Gasteiger partial charge in [0.25, 0.3) is 0 Å². The van der Waals surface area contributed by atoms with E-state index in [0.717, 1.165) is 6.07 Å². The molecule has 1 amide bonds. The van der Waals surface area contributed by atoms with Gasteiger partial charge in [-0.05, 0) is 36.5 Å². The standard InChI is InChI=1S/C15H15ClN2O5S/c16-10-6-9(24(17,22)23)3-4-11(10)18-14(19)12-7-1-2-8(5-7)13(12)15(20)21/h1-4,6-8,12-13H,5H2,(H,18,19)(H,20,21)(H2,17,22,23)/t7-,8+,12-,13+/m1/s1. The second-order valence-corrected chi connectivity index (χ2v) is 7.98. The van der Waals surface area contributed by atoms with Crippen molar-refractivity contribution in [3.63, 3.8) is 0 Å². The van der Waals surface area contributed by atoms with Crippen LogP contribution in [0.15, 0.2) is 35.2 Å². The molecule has 1 aromatic rings. The number of fused-ring (bicyclic) bond motifs is 2. The number of carbonyl (C=O) groups is 2. The number of nitrogens with two attached hydrogens (primary N) is 1. The van der Waals surface area contributed by atoms with Crippen LogP contribution in [-0.2, 0) is 19.6 Å². The topological polar surface area (TPSA) is 127 Å². The molecule has 0 radical (unpaired) electrons. The number of allylic oxidation sites excluding steroid dienone is 2. The lowest BCUT2D eigenvalue weighted by Crippen LogP contribution is -2.36. The molecule has 1 aromatic carbocycles. The number of rotatable bonds is 4. The number of nitrogens with one attached hydrogen (secondary N) is 1. The molecule has 4 atom stereocenters. The van der Waals surface area contributed by atoms with Gasteiger partial charge in [-0.15, -0.1) is 0 Å². The van der Waals surface area contributed by atoms with Crippen molar-refractivity contribution < 1.29 is 23.1 Å². The highest BCUT2D eigenvalue weighted by atomic mass is 35.5. The molecule has 2 aliphatic rings. The second kappa shape index (κ2) is 5.87. The van der Waals surface area contributed by atoms with Crippen LogP contribution in [0.5, 0.6) is 0 Å². The SMILES string of the molecule is NS(=O)(=O)c1ccc(NC(=O)[C@H]2[C@@H](C(=O)O)[C@H]3C=C[C@@H]2C3)c(Cl)c1. The number of hydrogen-bond acceptors (Lipinski definition) is 4. The first-order chi connectivity index (χ1) is 11.2. The highest BCUT2D eigenvalue weighted by Gasteiger charge is 2.51. The number of aliphatic carboxylic acids is 1. The zero-order valence-electron chi connectivity index (χ0n) is 12.3. The average molecular weight is 371 g/mol. The van der Waals surface area contributed by atoms with Gasteiger partial charge in [-0.2, -0.15) is 0 Å². The van der Waals surface area contributed by atoms with Crippen LogP contribution in [0.25, 0.3) is 0 Å². The molecule has 3 rings (SSSR count). The van der Waals surface area contributed by atoms with E-state index in [2.05, 4.69) is 5.32 Å². The summed E-state index contributed by atoms with van der Waals surface area (Å²) in [5.74, 6) is -3.12. The molecule has 2 bridgehead atoms. The van der Waals surface area contributed by atoms with E-state index in [9.17, 15) is 23.1 Å². The molecule has 0 saturated heterocycles. The molecule has 1 saturated carbocycles. The Kier molecular flexibility index (Phi) is 4.15. The maximum atomic E-state index is 12.5. The van der Waals surface area contributed by atoms with E-state index in [1.165, 1.54) is 12.1 Å². The summed E-state index contributed by atoms with van der Waals surface area (Å²) in [6, 6.07) is 3.70. The van der Waals surface area contributed by atoms with Gasteiger partial charge in [-0.25, -0.2) is 13.6 Å². The molecular formula is C15H15ClN2O5S. The van der Waals surface area contributed by atoms with Gasteiger partial charge in [0.1, 0.15) is 0 Å².